The van der Waals surface area contributed by atoms with Gasteiger partial charge in [-0.3, -0.25) is 4.79 Å². The number of halogens is 2. The van der Waals surface area contributed by atoms with Crippen molar-refractivity contribution >= 4 is 17.2 Å². The zero-order valence-electron chi connectivity index (χ0n) is 11.1. The minimum atomic E-state index is -1.02. The molecule has 0 bridgehead atoms. The molecule has 0 fully saturated rings. The van der Waals surface area contributed by atoms with Crippen molar-refractivity contribution in [2.45, 2.75) is 6.92 Å². The quantitative estimate of drug-likeness (QED) is 0.787. The van der Waals surface area contributed by atoms with Crippen molar-refractivity contribution in [3.63, 3.8) is 0 Å². The summed E-state index contributed by atoms with van der Waals surface area (Å²) in [5, 5.41) is 2.48. The monoisotopic (exact) mass is 287 g/mol. The summed E-state index contributed by atoms with van der Waals surface area (Å²) in [7, 11) is 0. The Bertz CT molecular complexity index is 842. The third-order valence-corrected chi connectivity index (χ3v) is 3.03. The van der Waals surface area contributed by atoms with E-state index in [4.69, 9.17) is 0 Å². The number of carbonyl (C=O) groups excluding carboxylic acids is 1. The van der Waals surface area contributed by atoms with Gasteiger partial charge in [0.1, 0.15) is 11.3 Å². The molecule has 0 saturated heterocycles. The number of pyridine rings is 1. The Morgan fingerprint density at radius 2 is 2.00 bits per heavy atom. The maximum absolute atomic E-state index is 13.1. The molecule has 0 aliphatic rings. The van der Waals surface area contributed by atoms with Crippen molar-refractivity contribution in [3.8, 4) is 0 Å². The zero-order chi connectivity index (χ0) is 15.0. The highest BCUT2D eigenvalue weighted by atomic mass is 19.2. The first kappa shape index (κ1) is 13.2. The van der Waals surface area contributed by atoms with Crippen LogP contribution in [0, 0.1) is 18.6 Å². The van der Waals surface area contributed by atoms with Gasteiger partial charge < -0.3 is 9.72 Å². The van der Waals surface area contributed by atoms with E-state index in [-0.39, 0.29) is 11.4 Å². The van der Waals surface area contributed by atoms with Gasteiger partial charge in [-0.15, -0.1) is 0 Å². The summed E-state index contributed by atoms with van der Waals surface area (Å²) in [5.41, 5.74) is 2.04. The van der Waals surface area contributed by atoms with Crippen molar-refractivity contribution < 1.29 is 13.6 Å². The molecule has 2 aromatic heterocycles. The Balaban J connectivity index is 1.87. The highest BCUT2D eigenvalue weighted by molar-refractivity contribution is 6.03. The second-order valence-corrected chi connectivity index (χ2v) is 4.68. The van der Waals surface area contributed by atoms with Gasteiger partial charge in [0.05, 0.1) is 0 Å². The van der Waals surface area contributed by atoms with Gasteiger partial charge in [-0.2, -0.15) is 0 Å². The lowest BCUT2D eigenvalue weighted by molar-refractivity contribution is 0.102. The molecular formula is C15H11F2N3O. The van der Waals surface area contributed by atoms with E-state index in [1.807, 2.05) is 19.1 Å². The van der Waals surface area contributed by atoms with E-state index in [2.05, 4.69) is 10.3 Å². The van der Waals surface area contributed by atoms with Crippen LogP contribution in [0.1, 0.15) is 16.1 Å². The maximum atomic E-state index is 13.1. The summed E-state index contributed by atoms with van der Waals surface area (Å²) in [6, 6.07) is 6.90. The second kappa shape index (κ2) is 4.97. The first-order valence-corrected chi connectivity index (χ1v) is 6.25. The Hall–Kier alpha value is -2.76. The third-order valence-electron chi connectivity index (χ3n) is 3.03. The predicted octanol–water partition coefficient (Wildman–Crippen LogP) is 3.17. The average molecular weight is 287 g/mol. The normalized spacial score (nSPS) is 10.8. The van der Waals surface area contributed by atoms with Crippen molar-refractivity contribution in [1.29, 1.82) is 0 Å². The highest BCUT2D eigenvalue weighted by Crippen LogP contribution is 2.15. The largest absolute Gasteiger partial charge is 0.320 e. The number of hydrogen-bond acceptors (Lipinski definition) is 2. The molecule has 1 aromatic carbocycles. The van der Waals surface area contributed by atoms with E-state index in [9.17, 15) is 13.6 Å². The van der Waals surface area contributed by atoms with Crippen molar-refractivity contribution in [3.05, 3.63) is 65.6 Å². The minimum absolute atomic E-state index is 0.173. The number of anilines is 1. The van der Waals surface area contributed by atoms with Crippen molar-refractivity contribution in [1.82, 2.24) is 9.38 Å². The lowest BCUT2D eigenvalue weighted by Crippen LogP contribution is -2.12. The first-order chi connectivity index (χ1) is 10.0. The summed E-state index contributed by atoms with van der Waals surface area (Å²) in [6.07, 6.45) is 3.37. The summed E-state index contributed by atoms with van der Waals surface area (Å²) in [6.45, 7) is 1.93. The van der Waals surface area contributed by atoms with Gasteiger partial charge in [0.2, 0.25) is 0 Å². The van der Waals surface area contributed by atoms with Crippen LogP contribution in [0.25, 0.3) is 5.65 Å². The van der Waals surface area contributed by atoms with Gasteiger partial charge >= 0.3 is 0 Å². The Morgan fingerprint density at radius 3 is 2.76 bits per heavy atom. The second-order valence-electron chi connectivity index (χ2n) is 4.68. The molecule has 6 heteroatoms. The molecule has 0 saturated carbocycles. The van der Waals surface area contributed by atoms with Crippen molar-refractivity contribution in [2.24, 2.45) is 0 Å². The molecular weight excluding hydrogens is 276 g/mol. The zero-order valence-corrected chi connectivity index (χ0v) is 11.1. The Labute approximate surface area is 119 Å². The summed E-state index contributed by atoms with van der Waals surface area (Å²) < 4.78 is 27.6. The van der Waals surface area contributed by atoms with Gasteiger partial charge in [-0.05, 0) is 36.8 Å². The minimum Gasteiger partial charge on any atom is -0.320 e. The van der Waals surface area contributed by atoms with Crippen LogP contribution in [0.5, 0.6) is 0 Å². The Morgan fingerprint density at radius 1 is 1.19 bits per heavy atom. The van der Waals surface area contributed by atoms with E-state index in [1.54, 1.807) is 16.8 Å². The molecule has 3 aromatic rings. The van der Waals surface area contributed by atoms with Crippen LogP contribution in [0.15, 0.2) is 42.7 Å². The number of imidazole rings is 1. The predicted molar refractivity (Wildman–Crippen MR) is 74.2 cm³/mol. The summed E-state index contributed by atoms with van der Waals surface area (Å²) in [4.78, 5) is 16.3. The number of nitrogens with one attached hydrogen (secondary N) is 1. The van der Waals surface area contributed by atoms with Crippen LogP contribution < -0.4 is 5.32 Å². The molecule has 4 nitrogen and oxygen atoms in total. The fourth-order valence-electron chi connectivity index (χ4n) is 1.96. The fraction of sp³-hybridized carbons (Fsp3) is 0.0667. The van der Waals surface area contributed by atoms with Crippen LogP contribution in [0.4, 0.5) is 14.5 Å². The number of rotatable bonds is 2. The number of aryl methyl sites for hydroxylation is 1. The standard InChI is InChI=1S/C15H11F2N3O/c1-9-4-5-20-8-13(19-14(20)6-9)15(21)18-10-2-3-11(16)12(17)7-10/h2-8H,1H3,(H,18,21). The lowest BCUT2D eigenvalue weighted by atomic mass is 10.3. The van der Waals surface area contributed by atoms with Gasteiger partial charge in [0.15, 0.2) is 11.6 Å². The number of benzene rings is 1. The number of amides is 1. The van der Waals surface area contributed by atoms with Crippen molar-refractivity contribution in [2.75, 3.05) is 5.32 Å². The summed E-state index contributed by atoms with van der Waals surface area (Å²) >= 11 is 0. The third kappa shape index (κ3) is 2.60. The topological polar surface area (TPSA) is 46.4 Å². The lowest BCUT2D eigenvalue weighted by Gasteiger charge is -2.03. The molecule has 0 atom stereocenters. The van der Waals surface area contributed by atoms with Gasteiger partial charge in [0.25, 0.3) is 5.91 Å². The average Bonchev–Trinajstić information content (AvgIpc) is 2.86. The van der Waals surface area contributed by atoms with E-state index in [0.717, 1.165) is 17.7 Å². The van der Waals surface area contributed by atoms with E-state index in [0.29, 0.717) is 5.65 Å². The fourth-order valence-corrected chi connectivity index (χ4v) is 1.96. The van der Waals surface area contributed by atoms with Gasteiger partial charge in [-0.1, -0.05) is 0 Å². The molecule has 0 aliphatic carbocycles. The molecule has 0 radical (unpaired) electrons. The number of aromatic nitrogens is 2. The Kier molecular flexibility index (Phi) is 3.13. The van der Waals surface area contributed by atoms with Gasteiger partial charge in [-0.25, -0.2) is 13.8 Å². The number of hydrogen-bond donors (Lipinski definition) is 1. The van der Waals surface area contributed by atoms with Crippen LogP contribution in [0.2, 0.25) is 0 Å². The van der Waals surface area contributed by atoms with Crippen LogP contribution >= 0.6 is 0 Å². The number of fused-ring (bicyclic) bond motifs is 1. The first-order valence-electron chi connectivity index (χ1n) is 6.25. The SMILES string of the molecule is Cc1ccn2cc(C(=O)Nc3ccc(F)c(F)c3)nc2c1. The van der Waals surface area contributed by atoms with Crippen LogP contribution in [-0.2, 0) is 0 Å². The molecule has 0 spiro atoms. The highest BCUT2D eigenvalue weighted by Gasteiger charge is 2.12. The molecule has 21 heavy (non-hydrogen) atoms. The van der Waals surface area contributed by atoms with Crippen LogP contribution in [0.3, 0.4) is 0 Å². The molecule has 0 aliphatic heterocycles. The van der Waals surface area contributed by atoms with E-state index >= 15 is 0 Å². The van der Waals surface area contributed by atoms with Crippen LogP contribution in [-0.4, -0.2) is 15.3 Å². The maximum Gasteiger partial charge on any atom is 0.275 e. The molecule has 106 valence electrons. The number of nitrogens with zero attached hydrogens (tertiary/aromatic N) is 2. The number of carbonyl (C=O) groups is 1. The van der Waals surface area contributed by atoms with E-state index in [1.165, 1.54) is 6.07 Å². The summed E-state index contributed by atoms with van der Waals surface area (Å²) in [5.74, 6) is -2.46. The molecule has 1 amide bonds. The molecule has 1 N–H and O–H groups in total. The van der Waals surface area contributed by atoms with Gasteiger partial charge in [0, 0.05) is 24.1 Å². The van der Waals surface area contributed by atoms with E-state index < -0.39 is 17.5 Å². The molecule has 0 unspecified atom stereocenters. The molecule has 3 rings (SSSR count). The smallest absolute Gasteiger partial charge is 0.275 e. The molecule has 2 heterocycles.